The molecule has 0 saturated heterocycles. The Morgan fingerprint density at radius 1 is 1.07 bits per heavy atom. The average molecular weight is 376 g/mol. The van der Waals surface area contributed by atoms with Gasteiger partial charge in [-0.05, 0) is 78.5 Å². The van der Waals surface area contributed by atoms with Crippen molar-refractivity contribution in [1.29, 1.82) is 0 Å². The molecule has 1 saturated carbocycles. The number of fused-ring (bicyclic) bond motifs is 1. The van der Waals surface area contributed by atoms with Crippen molar-refractivity contribution in [3.05, 3.63) is 88.5 Å². The Morgan fingerprint density at radius 2 is 1.86 bits per heavy atom. The molecule has 1 fully saturated rings. The number of aliphatic hydroxyl groups excluding tert-OH is 1. The molecule has 0 unspecified atom stereocenters. The molecule has 0 heterocycles. The summed E-state index contributed by atoms with van der Waals surface area (Å²) in [7, 11) is 1.70. The van der Waals surface area contributed by atoms with E-state index in [0.717, 1.165) is 31.4 Å². The van der Waals surface area contributed by atoms with Crippen LogP contribution in [0.1, 0.15) is 36.8 Å². The van der Waals surface area contributed by atoms with E-state index in [1.807, 2.05) is 12.1 Å². The van der Waals surface area contributed by atoms with Crippen LogP contribution in [0, 0.1) is 0 Å². The Hall–Kier alpha value is -2.36. The minimum Gasteiger partial charge on any atom is -0.497 e. The summed E-state index contributed by atoms with van der Waals surface area (Å²) in [6, 6.07) is 18.9. The molecule has 3 heteroatoms. The highest BCUT2D eigenvalue weighted by Crippen LogP contribution is 2.45. The van der Waals surface area contributed by atoms with Gasteiger partial charge in [-0.3, -0.25) is 0 Å². The highest BCUT2D eigenvalue weighted by atomic mass is 16.5. The second kappa shape index (κ2) is 7.94. The number of ether oxygens (including phenoxy) is 1. The lowest BCUT2D eigenvalue weighted by Gasteiger charge is -2.33. The zero-order valence-corrected chi connectivity index (χ0v) is 16.5. The number of methoxy groups -OCH3 is 1. The Labute approximate surface area is 167 Å². The van der Waals surface area contributed by atoms with E-state index in [1.165, 1.54) is 27.8 Å². The first-order valence-electron chi connectivity index (χ1n) is 10.1. The standard InChI is InChI=1S/C25H29NO2/c1-28-22-9-5-8-19(15-22)10-11-23-20(14-18-6-3-2-4-7-18)12-13-25(26)17-21(27)16-24(23)25/h2-9,12,15,21,27H,10-11,13-14,16-17,26H2,1H3/t21-,25+/m0/s1. The highest BCUT2D eigenvalue weighted by molar-refractivity contribution is 5.49. The Balaban J connectivity index is 1.62. The van der Waals surface area contributed by atoms with Crippen LogP contribution < -0.4 is 10.5 Å². The molecular formula is C25H29NO2. The molecule has 0 spiro atoms. The van der Waals surface area contributed by atoms with Crippen molar-refractivity contribution in [1.82, 2.24) is 0 Å². The number of benzene rings is 2. The molecule has 0 radical (unpaired) electrons. The first-order valence-corrected chi connectivity index (χ1v) is 10.1. The summed E-state index contributed by atoms with van der Waals surface area (Å²) in [4.78, 5) is 0. The van der Waals surface area contributed by atoms with Crippen LogP contribution in [0.4, 0.5) is 0 Å². The van der Waals surface area contributed by atoms with Gasteiger partial charge in [-0.25, -0.2) is 0 Å². The van der Waals surface area contributed by atoms with Gasteiger partial charge in [-0.1, -0.05) is 48.5 Å². The fourth-order valence-corrected chi connectivity index (χ4v) is 4.71. The molecule has 2 aliphatic rings. The maximum absolute atomic E-state index is 10.3. The van der Waals surface area contributed by atoms with E-state index in [1.54, 1.807) is 7.11 Å². The highest BCUT2D eigenvalue weighted by Gasteiger charge is 2.42. The molecule has 2 aromatic carbocycles. The van der Waals surface area contributed by atoms with E-state index in [2.05, 4.69) is 48.5 Å². The van der Waals surface area contributed by atoms with Crippen LogP contribution in [-0.4, -0.2) is 23.9 Å². The van der Waals surface area contributed by atoms with Crippen molar-refractivity contribution in [2.45, 2.75) is 50.2 Å². The second-order valence-corrected chi connectivity index (χ2v) is 8.12. The Morgan fingerprint density at radius 3 is 2.64 bits per heavy atom. The average Bonchev–Trinajstić information content (AvgIpc) is 3.02. The third-order valence-electron chi connectivity index (χ3n) is 6.14. The van der Waals surface area contributed by atoms with Gasteiger partial charge in [0, 0.05) is 5.54 Å². The van der Waals surface area contributed by atoms with Gasteiger partial charge in [0.1, 0.15) is 5.75 Å². The zero-order valence-electron chi connectivity index (χ0n) is 16.5. The predicted molar refractivity (Wildman–Crippen MR) is 113 cm³/mol. The summed E-state index contributed by atoms with van der Waals surface area (Å²) in [5.74, 6) is 0.892. The van der Waals surface area contributed by atoms with Gasteiger partial charge in [-0.15, -0.1) is 0 Å². The second-order valence-electron chi connectivity index (χ2n) is 8.12. The van der Waals surface area contributed by atoms with Crippen molar-refractivity contribution in [3.8, 4) is 5.75 Å². The summed E-state index contributed by atoms with van der Waals surface area (Å²) < 4.78 is 5.37. The monoisotopic (exact) mass is 375 g/mol. The van der Waals surface area contributed by atoms with Gasteiger partial charge in [-0.2, -0.15) is 0 Å². The third kappa shape index (κ3) is 3.91. The SMILES string of the molecule is COc1cccc(CCC2=C3C[C@H](O)C[C@]3(N)CC=C2Cc2ccccc2)c1. The van der Waals surface area contributed by atoms with Crippen LogP contribution >= 0.6 is 0 Å². The van der Waals surface area contributed by atoms with Gasteiger partial charge in [0.25, 0.3) is 0 Å². The molecule has 2 aromatic rings. The van der Waals surface area contributed by atoms with E-state index in [-0.39, 0.29) is 11.6 Å². The van der Waals surface area contributed by atoms with E-state index >= 15 is 0 Å². The van der Waals surface area contributed by atoms with Crippen molar-refractivity contribution < 1.29 is 9.84 Å². The number of rotatable bonds is 6. The normalized spacial score (nSPS) is 24.1. The minimum absolute atomic E-state index is 0.323. The van der Waals surface area contributed by atoms with E-state index in [4.69, 9.17) is 10.5 Å². The largest absolute Gasteiger partial charge is 0.497 e. The summed E-state index contributed by atoms with van der Waals surface area (Å²) in [6.45, 7) is 0. The summed E-state index contributed by atoms with van der Waals surface area (Å²) in [6.07, 6.45) is 6.98. The molecule has 0 aromatic heterocycles. The van der Waals surface area contributed by atoms with Gasteiger partial charge >= 0.3 is 0 Å². The number of aryl methyl sites for hydroxylation is 1. The van der Waals surface area contributed by atoms with Crippen LogP contribution in [-0.2, 0) is 12.8 Å². The lowest BCUT2D eigenvalue weighted by molar-refractivity contribution is 0.174. The first kappa shape index (κ1) is 19.0. The summed E-state index contributed by atoms with van der Waals surface area (Å²) in [5, 5.41) is 10.3. The molecule has 2 atom stereocenters. The molecule has 2 aliphatic carbocycles. The van der Waals surface area contributed by atoms with E-state index in [9.17, 15) is 5.11 Å². The van der Waals surface area contributed by atoms with Gasteiger partial charge in [0.15, 0.2) is 0 Å². The fraction of sp³-hybridized carbons (Fsp3) is 0.360. The first-order chi connectivity index (χ1) is 13.6. The summed E-state index contributed by atoms with van der Waals surface area (Å²) in [5.41, 5.74) is 12.9. The van der Waals surface area contributed by atoms with Crippen molar-refractivity contribution in [2.75, 3.05) is 7.11 Å². The maximum atomic E-state index is 10.3. The van der Waals surface area contributed by atoms with Crippen LogP contribution in [0.15, 0.2) is 77.4 Å². The predicted octanol–water partition coefficient (Wildman–Crippen LogP) is 4.35. The van der Waals surface area contributed by atoms with Crippen LogP contribution in [0.2, 0.25) is 0 Å². The van der Waals surface area contributed by atoms with Crippen molar-refractivity contribution >= 4 is 0 Å². The quantitative estimate of drug-likeness (QED) is 0.789. The Kier molecular flexibility index (Phi) is 5.38. The fourth-order valence-electron chi connectivity index (χ4n) is 4.71. The maximum Gasteiger partial charge on any atom is 0.119 e. The van der Waals surface area contributed by atoms with Crippen molar-refractivity contribution in [2.24, 2.45) is 5.73 Å². The van der Waals surface area contributed by atoms with Gasteiger partial charge in [0.2, 0.25) is 0 Å². The number of aliphatic hydroxyl groups is 1. The topological polar surface area (TPSA) is 55.5 Å². The number of allylic oxidation sites excluding steroid dienone is 2. The third-order valence-corrected chi connectivity index (χ3v) is 6.14. The molecule has 146 valence electrons. The number of hydrogen-bond donors (Lipinski definition) is 2. The van der Waals surface area contributed by atoms with Gasteiger partial charge < -0.3 is 15.6 Å². The van der Waals surface area contributed by atoms with Crippen LogP contribution in [0.5, 0.6) is 5.75 Å². The molecule has 28 heavy (non-hydrogen) atoms. The smallest absolute Gasteiger partial charge is 0.119 e. The van der Waals surface area contributed by atoms with Crippen molar-refractivity contribution in [3.63, 3.8) is 0 Å². The lowest BCUT2D eigenvalue weighted by Crippen LogP contribution is -2.41. The number of hydrogen-bond acceptors (Lipinski definition) is 3. The van der Waals surface area contributed by atoms with Gasteiger partial charge in [0.05, 0.1) is 13.2 Å². The van der Waals surface area contributed by atoms with E-state index in [0.29, 0.717) is 12.8 Å². The van der Waals surface area contributed by atoms with Crippen LogP contribution in [0.25, 0.3) is 0 Å². The zero-order chi connectivity index (χ0) is 19.6. The van der Waals surface area contributed by atoms with E-state index < -0.39 is 0 Å². The molecular weight excluding hydrogens is 346 g/mol. The molecule has 3 nitrogen and oxygen atoms in total. The Bertz CT molecular complexity index is 900. The summed E-state index contributed by atoms with van der Waals surface area (Å²) >= 11 is 0. The lowest BCUT2D eigenvalue weighted by atomic mass is 9.76. The molecule has 4 rings (SSSR count). The molecule has 0 amide bonds. The molecule has 3 N–H and O–H groups in total. The minimum atomic E-state index is -0.372. The van der Waals surface area contributed by atoms with Crippen LogP contribution in [0.3, 0.4) is 0 Å². The molecule has 0 aliphatic heterocycles. The number of nitrogens with two attached hydrogens (primary N) is 1. The molecule has 0 bridgehead atoms.